The van der Waals surface area contributed by atoms with Crippen LogP contribution in [-0.4, -0.2) is 5.91 Å². The molecule has 1 heterocycles. The third-order valence-electron chi connectivity index (χ3n) is 2.39. The van der Waals surface area contributed by atoms with E-state index in [0.717, 1.165) is 10.9 Å². The average molecular weight is 201 g/mol. The van der Waals surface area contributed by atoms with Crippen molar-refractivity contribution in [3.8, 4) is 0 Å². The molecule has 15 heavy (non-hydrogen) atoms. The first-order chi connectivity index (χ1) is 7.16. The predicted molar refractivity (Wildman–Crippen MR) is 58.1 cm³/mol. The minimum absolute atomic E-state index is 0.228. The van der Waals surface area contributed by atoms with E-state index in [4.69, 9.17) is 5.73 Å². The molecular weight excluding hydrogens is 188 g/mol. The highest BCUT2D eigenvalue weighted by molar-refractivity contribution is 5.83. The fraction of sp³-hybridized carbons (Fsp3) is 0.167. The summed E-state index contributed by atoms with van der Waals surface area (Å²) in [4.78, 5) is 10.8. The second-order valence-corrected chi connectivity index (χ2v) is 3.67. The SMILES string of the molecule is Cc1c[n+](CC(N)=O)cc2ccccc12. The smallest absolute Gasteiger partial charge is 0.283 e. The number of benzene rings is 1. The van der Waals surface area contributed by atoms with Gasteiger partial charge in [-0.15, -0.1) is 0 Å². The maximum absolute atomic E-state index is 10.8. The number of fused-ring (bicyclic) bond motifs is 1. The summed E-state index contributed by atoms with van der Waals surface area (Å²) in [6, 6.07) is 8.09. The molecule has 2 aromatic rings. The van der Waals surface area contributed by atoms with Crippen molar-refractivity contribution in [2.45, 2.75) is 13.5 Å². The molecular formula is C12H13N2O+. The summed E-state index contributed by atoms with van der Waals surface area (Å²) < 4.78 is 1.82. The average Bonchev–Trinajstić information content (AvgIpc) is 2.16. The Bertz CT molecular complexity index is 520. The van der Waals surface area contributed by atoms with E-state index in [1.165, 1.54) is 5.39 Å². The monoisotopic (exact) mass is 201 g/mol. The Morgan fingerprint density at radius 1 is 1.33 bits per heavy atom. The van der Waals surface area contributed by atoms with Crippen molar-refractivity contribution >= 4 is 16.7 Å². The summed E-state index contributed by atoms with van der Waals surface area (Å²) in [7, 11) is 0. The van der Waals surface area contributed by atoms with Crippen LogP contribution < -0.4 is 10.3 Å². The van der Waals surface area contributed by atoms with Crippen molar-refractivity contribution in [3.05, 3.63) is 42.2 Å². The minimum atomic E-state index is -0.324. The molecule has 2 rings (SSSR count). The van der Waals surface area contributed by atoms with Crippen LogP contribution in [0, 0.1) is 6.92 Å². The normalized spacial score (nSPS) is 10.5. The molecule has 0 unspecified atom stereocenters. The minimum Gasteiger partial charge on any atom is -0.364 e. The van der Waals surface area contributed by atoms with Gasteiger partial charge in [0.25, 0.3) is 5.91 Å². The number of hydrogen-bond donors (Lipinski definition) is 1. The molecule has 0 aliphatic carbocycles. The second-order valence-electron chi connectivity index (χ2n) is 3.67. The Hall–Kier alpha value is -1.90. The Labute approximate surface area is 88.1 Å². The molecule has 0 aliphatic rings. The van der Waals surface area contributed by atoms with Crippen molar-refractivity contribution < 1.29 is 9.36 Å². The zero-order valence-electron chi connectivity index (χ0n) is 8.60. The van der Waals surface area contributed by atoms with E-state index in [0.29, 0.717) is 0 Å². The first kappa shape index (κ1) is 9.65. The maximum Gasteiger partial charge on any atom is 0.283 e. The number of pyridine rings is 1. The molecule has 1 aromatic heterocycles. The number of hydrogen-bond acceptors (Lipinski definition) is 1. The summed E-state index contributed by atoms with van der Waals surface area (Å²) in [5, 5.41) is 2.33. The maximum atomic E-state index is 10.8. The van der Waals surface area contributed by atoms with Crippen LogP contribution in [0.5, 0.6) is 0 Å². The number of carbonyl (C=O) groups is 1. The number of aryl methyl sites for hydroxylation is 1. The van der Waals surface area contributed by atoms with Gasteiger partial charge in [0.2, 0.25) is 6.54 Å². The lowest BCUT2D eigenvalue weighted by atomic mass is 10.1. The topological polar surface area (TPSA) is 47.0 Å². The van der Waals surface area contributed by atoms with Gasteiger partial charge in [0.05, 0.1) is 0 Å². The highest BCUT2D eigenvalue weighted by Gasteiger charge is 2.08. The number of amides is 1. The van der Waals surface area contributed by atoms with Gasteiger partial charge in [-0.2, -0.15) is 4.57 Å². The Morgan fingerprint density at radius 2 is 2.07 bits per heavy atom. The fourth-order valence-corrected chi connectivity index (χ4v) is 1.77. The molecule has 1 amide bonds. The van der Waals surface area contributed by atoms with E-state index in [1.807, 2.05) is 42.1 Å². The lowest BCUT2D eigenvalue weighted by Gasteiger charge is -2.00. The zero-order chi connectivity index (χ0) is 10.8. The summed E-state index contributed by atoms with van der Waals surface area (Å²) >= 11 is 0. The number of aromatic nitrogens is 1. The van der Waals surface area contributed by atoms with E-state index in [2.05, 4.69) is 6.07 Å². The molecule has 76 valence electrons. The van der Waals surface area contributed by atoms with E-state index in [1.54, 1.807) is 0 Å². The lowest BCUT2D eigenvalue weighted by Crippen LogP contribution is -2.40. The highest BCUT2D eigenvalue weighted by Crippen LogP contribution is 2.14. The van der Waals surface area contributed by atoms with Gasteiger partial charge in [0.15, 0.2) is 12.4 Å². The largest absolute Gasteiger partial charge is 0.364 e. The van der Waals surface area contributed by atoms with Crippen LogP contribution in [0.25, 0.3) is 10.8 Å². The van der Waals surface area contributed by atoms with Crippen LogP contribution in [0.3, 0.4) is 0 Å². The molecule has 0 spiro atoms. The van der Waals surface area contributed by atoms with Crippen LogP contribution >= 0.6 is 0 Å². The van der Waals surface area contributed by atoms with Gasteiger partial charge < -0.3 is 5.73 Å². The second kappa shape index (κ2) is 3.69. The standard InChI is InChI=1S/C12H12N2O/c1-9-6-14(8-12(13)15)7-10-4-2-3-5-11(9)10/h2-7H,8H2,1H3,(H-,13,15)/p+1. The molecule has 1 aromatic carbocycles. The quantitative estimate of drug-likeness (QED) is 0.722. The molecule has 0 radical (unpaired) electrons. The number of nitrogens with two attached hydrogens (primary N) is 1. The molecule has 2 N–H and O–H groups in total. The summed E-state index contributed by atoms with van der Waals surface area (Å²) in [6.07, 6.45) is 3.88. The van der Waals surface area contributed by atoms with Crippen molar-refractivity contribution in [2.75, 3.05) is 0 Å². The van der Waals surface area contributed by atoms with Crippen molar-refractivity contribution in [2.24, 2.45) is 5.73 Å². The molecule has 3 nitrogen and oxygen atoms in total. The molecule has 0 bridgehead atoms. The summed E-state index contributed by atoms with van der Waals surface area (Å²) in [5.74, 6) is -0.324. The van der Waals surface area contributed by atoms with Crippen LogP contribution in [0.2, 0.25) is 0 Å². The first-order valence-electron chi connectivity index (χ1n) is 4.83. The van der Waals surface area contributed by atoms with Gasteiger partial charge in [-0.1, -0.05) is 18.2 Å². The molecule has 0 atom stereocenters. The number of nitrogens with zero attached hydrogens (tertiary/aromatic N) is 1. The van der Waals surface area contributed by atoms with Crippen molar-refractivity contribution in [1.82, 2.24) is 0 Å². The summed E-state index contributed by atoms with van der Waals surface area (Å²) in [6.45, 7) is 2.26. The van der Waals surface area contributed by atoms with E-state index in [-0.39, 0.29) is 12.5 Å². The lowest BCUT2D eigenvalue weighted by molar-refractivity contribution is -0.683. The van der Waals surface area contributed by atoms with Gasteiger partial charge in [0.1, 0.15) is 0 Å². The number of primary amides is 1. The number of carbonyl (C=O) groups excluding carboxylic acids is 1. The van der Waals surface area contributed by atoms with Gasteiger partial charge in [-0.05, 0) is 18.4 Å². The third-order valence-corrected chi connectivity index (χ3v) is 2.39. The molecule has 3 heteroatoms. The Balaban J connectivity index is 2.57. The van der Waals surface area contributed by atoms with Crippen LogP contribution in [-0.2, 0) is 11.3 Å². The van der Waals surface area contributed by atoms with Gasteiger partial charge in [-0.25, -0.2) is 0 Å². The molecule has 0 saturated heterocycles. The Morgan fingerprint density at radius 3 is 2.80 bits per heavy atom. The van der Waals surface area contributed by atoms with Crippen LogP contribution in [0.15, 0.2) is 36.7 Å². The van der Waals surface area contributed by atoms with Gasteiger partial charge >= 0.3 is 0 Å². The number of rotatable bonds is 2. The van der Waals surface area contributed by atoms with Crippen LogP contribution in [0.4, 0.5) is 0 Å². The molecule has 0 aliphatic heterocycles. The zero-order valence-corrected chi connectivity index (χ0v) is 8.60. The summed E-state index contributed by atoms with van der Waals surface area (Å²) in [5.41, 5.74) is 6.31. The highest BCUT2D eigenvalue weighted by atomic mass is 16.1. The van der Waals surface area contributed by atoms with Crippen LogP contribution in [0.1, 0.15) is 5.56 Å². The molecule has 0 fully saturated rings. The van der Waals surface area contributed by atoms with Crippen molar-refractivity contribution in [3.63, 3.8) is 0 Å². The van der Waals surface area contributed by atoms with E-state index < -0.39 is 0 Å². The van der Waals surface area contributed by atoms with E-state index >= 15 is 0 Å². The predicted octanol–water partition coefficient (Wildman–Crippen LogP) is 0.921. The third kappa shape index (κ3) is 1.96. The Kier molecular flexibility index (Phi) is 2.37. The molecule has 0 saturated carbocycles. The van der Waals surface area contributed by atoms with Gasteiger partial charge in [0, 0.05) is 10.9 Å². The first-order valence-corrected chi connectivity index (χ1v) is 4.83. The van der Waals surface area contributed by atoms with Crippen molar-refractivity contribution in [1.29, 1.82) is 0 Å². The van der Waals surface area contributed by atoms with E-state index in [9.17, 15) is 4.79 Å². The van der Waals surface area contributed by atoms with Gasteiger partial charge in [-0.3, -0.25) is 4.79 Å². The fourth-order valence-electron chi connectivity index (χ4n) is 1.77.